The molecule has 0 bridgehead atoms. The number of fused-ring (bicyclic) bond motifs is 4. The van der Waals surface area contributed by atoms with Crippen LogP contribution in [0.25, 0.3) is 11.1 Å². The number of carbonyl (C=O) groups excluding carboxylic acids is 1. The van der Waals surface area contributed by atoms with E-state index in [1.807, 2.05) is 36.4 Å². The lowest BCUT2D eigenvalue weighted by Crippen LogP contribution is -2.18. The van der Waals surface area contributed by atoms with Gasteiger partial charge in [0.1, 0.15) is 12.2 Å². The van der Waals surface area contributed by atoms with E-state index in [1.165, 1.54) is 12.1 Å². The number of hydrogen-bond acceptors (Lipinski definition) is 5. The molecule has 1 aliphatic heterocycles. The third-order valence-corrected chi connectivity index (χ3v) is 5.29. The number of nitrogens with one attached hydrogen (secondary N) is 1. The maximum atomic E-state index is 12.4. The average Bonchev–Trinajstić information content (AvgIpc) is 3.34. The molecule has 1 heterocycles. The van der Waals surface area contributed by atoms with Gasteiger partial charge in [-0.1, -0.05) is 48.5 Å². The molecule has 30 heavy (non-hydrogen) atoms. The number of carboxylic acid groups (broad SMARTS) is 1. The molecule has 5 rings (SSSR count). The van der Waals surface area contributed by atoms with E-state index < -0.39 is 12.1 Å². The van der Waals surface area contributed by atoms with E-state index in [2.05, 4.69) is 17.4 Å². The van der Waals surface area contributed by atoms with Crippen molar-refractivity contribution in [2.75, 3.05) is 18.7 Å². The van der Waals surface area contributed by atoms with Crippen molar-refractivity contribution in [1.29, 1.82) is 0 Å². The molecule has 0 unspecified atom stereocenters. The summed E-state index contributed by atoms with van der Waals surface area (Å²) in [5, 5.41) is 11.9. The minimum atomic E-state index is -1.17. The van der Waals surface area contributed by atoms with Crippen LogP contribution in [0.2, 0.25) is 0 Å². The standard InChI is InChI=1S/C23H17NO6/c25-22(26)18-9-13(10-20-21(18)30-12-29-20)24-23(27)28-11-19-16-7-3-1-5-14(16)15-6-2-4-8-17(15)19/h1-10,19H,11-12H2,(H,24,27)(H,25,26). The second-order valence-electron chi connectivity index (χ2n) is 7.01. The fourth-order valence-corrected chi connectivity index (χ4v) is 3.99. The van der Waals surface area contributed by atoms with Gasteiger partial charge in [-0.05, 0) is 28.3 Å². The number of benzene rings is 3. The van der Waals surface area contributed by atoms with Crippen molar-refractivity contribution in [3.05, 3.63) is 77.4 Å². The van der Waals surface area contributed by atoms with Gasteiger partial charge in [0, 0.05) is 17.7 Å². The van der Waals surface area contributed by atoms with Gasteiger partial charge in [-0.2, -0.15) is 0 Å². The number of rotatable bonds is 4. The van der Waals surface area contributed by atoms with E-state index in [0.717, 1.165) is 22.3 Å². The molecule has 3 aromatic carbocycles. The van der Waals surface area contributed by atoms with Crippen LogP contribution in [0, 0.1) is 0 Å². The summed E-state index contributed by atoms with van der Waals surface area (Å²) in [5.74, 6) is -0.813. The molecular formula is C23H17NO6. The predicted octanol–water partition coefficient (Wildman–Crippen LogP) is 4.47. The smallest absolute Gasteiger partial charge is 0.411 e. The zero-order chi connectivity index (χ0) is 20.7. The second-order valence-corrected chi connectivity index (χ2v) is 7.01. The van der Waals surface area contributed by atoms with Crippen LogP contribution in [0.1, 0.15) is 27.4 Å². The van der Waals surface area contributed by atoms with Crippen molar-refractivity contribution < 1.29 is 28.9 Å². The Morgan fingerprint density at radius 1 is 1.00 bits per heavy atom. The quantitative estimate of drug-likeness (QED) is 0.667. The van der Waals surface area contributed by atoms with Gasteiger partial charge in [0.2, 0.25) is 6.79 Å². The topological polar surface area (TPSA) is 94.1 Å². The van der Waals surface area contributed by atoms with Crippen molar-refractivity contribution in [1.82, 2.24) is 0 Å². The highest BCUT2D eigenvalue weighted by Gasteiger charge is 2.29. The third kappa shape index (κ3) is 3.00. The molecule has 2 N–H and O–H groups in total. The Labute approximate surface area is 171 Å². The van der Waals surface area contributed by atoms with Crippen LogP contribution in [0.5, 0.6) is 11.5 Å². The van der Waals surface area contributed by atoms with Crippen LogP contribution in [0.3, 0.4) is 0 Å². The zero-order valence-electron chi connectivity index (χ0n) is 15.8. The molecule has 0 spiro atoms. The van der Waals surface area contributed by atoms with Gasteiger partial charge in [0.05, 0.1) is 0 Å². The van der Waals surface area contributed by atoms with E-state index in [-0.39, 0.29) is 42.1 Å². The first-order valence-electron chi connectivity index (χ1n) is 9.41. The second kappa shape index (κ2) is 7.11. The normalized spacial score (nSPS) is 13.5. The molecule has 1 aliphatic carbocycles. The number of carboxylic acids is 1. The van der Waals surface area contributed by atoms with Crippen molar-refractivity contribution in [2.45, 2.75) is 5.92 Å². The summed E-state index contributed by atoms with van der Waals surface area (Å²) >= 11 is 0. The summed E-state index contributed by atoms with van der Waals surface area (Å²) in [6, 6.07) is 19.0. The molecule has 150 valence electrons. The summed E-state index contributed by atoms with van der Waals surface area (Å²) in [5.41, 5.74) is 4.69. The van der Waals surface area contributed by atoms with E-state index in [9.17, 15) is 14.7 Å². The fraction of sp³-hybridized carbons (Fsp3) is 0.130. The Hall–Kier alpha value is -4.00. The van der Waals surface area contributed by atoms with Gasteiger partial charge < -0.3 is 19.3 Å². The van der Waals surface area contributed by atoms with E-state index in [1.54, 1.807) is 0 Å². The summed E-state index contributed by atoms with van der Waals surface area (Å²) < 4.78 is 15.9. The Kier molecular flexibility index (Phi) is 4.28. The van der Waals surface area contributed by atoms with Gasteiger partial charge >= 0.3 is 12.1 Å². The number of carbonyl (C=O) groups is 2. The first kappa shape index (κ1) is 18.1. The molecule has 0 atom stereocenters. The average molecular weight is 403 g/mol. The lowest BCUT2D eigenvalue weighted by molar-refractivity contribution is 0.0692. The largest absolute Gasteiger partial charge is 0.478 e. The SMILES string of the molecule is O=C(Nc1cc2c(c(C(=O)O)c1)OCO2)OCC1c2ccccc2-c2ccccc21. The lowest BCUT2D eigenvalue weighted by Gasteiger charge is -2.15. The lowest BCUT2D eigenvalue weighted by atomic mass is 9.98. The Bertz CT molecular complexity index is 1130. The van der Waals surface area contributed by atoms with Gasteiger partial charge in [-0.25, -0.2) is 9.59 Å². The Morgan fingerprint density at radius 2 is 1.67 bits per heavy atom. The number of aromatic carboxylic acids is 1. The molecule has 0 aromatic heterocycles. The summed E-state index contributed by atoms with van der Waals surface area (Å²) in [4.78, 5) is 23.9. The number of amides is 1. The fourth-order valence-electron chi connectivity index (χ4n) is 3.99. The summed E-state index contributed by atoms with van der Waals surface area (Å²) in [6.45, 7) is 0.0974. The zero-order valence-corrected chi connectivity index (χ0v) is 15.8. The first-order valence-corrected chi connectivity index (χ1v) is 9.41. The molecule has 7 heteroatoms. The van der Waals surface area contributed by atoms with Crippen LogP contribution >= 0.6 is 0 Å². The highest BCUT2D eigenvalue weighted by molar-refractivity contribution is 5.95. The van der Waals surface area contributed by atoms with Crippen LogP contribution in [0.15, 0.2) is 60.7 Å². The third-order valence-electron chi connectivity index (χ3n) is 5.29. The van der Waals surface area contributed by atoms with Crippen molar-refractivity contribution >= 4 is 17.7 Å². The number of ether oxygens (including phenoxy) is 3. The Balaban J connectivity index is 1.33. The molecule has 2 aliphatic rings. The Morgan fingerprint density at radius 3 is 2.33 bits per heavy atom. The number of hydrogen-bond donors (Lipinski definition) is 2. The predicted molar refractivity (Wildman–Crippen MR) is 108 cm³/mol. The van der Waals surface area contributed by atoms with Gasteiger partial charge in [-0.3, -0.25) is 5.32 Å². The van der Waals surface area contributed by atoms with Crippen LogP contribution in [-0.2, 0) is 4.74 Å². The maximum absolute atomic E-state index is 12.4. The van der Waals surface area contributed by atoms with Crippen LogP contribution in [-0.4, -0.2) is 30.6 Å². The summed E-state index contributed by atoms with van der Waals surface area (Å²) in [6.07, 6.45) is -0.674. The first-order chi connectivity index (χ1) is 14.6. The van der Waals surface area contributed by atoms with E-state index >= 15 is 0 Å². The minimum absolute atomic E-state index is 0.0607. The maximum Gasteiger partial charge on any atom is 0.411 e. The molecule has 3 aromatic rings. The van der Waals surface area contributed by atoms with Crippen molar-refractivity contribution in [2.24, 2.45) is 0 Å². The van der Waals surface area contributed by atoms with Crippen molar-refractivity contribution in [3.8, 4) is 22.6 Å². The molecular weight excluding hydrogens is 386 g/mol. The van der Waals surface area contributed by atoms with Gasteiger partial charge in [0.25, 0.3) is 0 Å². The van der Waals surface area contributed by atoms with Gasteiger partial charge in [-0.15, -0.1) is 0 Å². The van der Waals surface area contributed by atoms with Gasteiger partial charge in [0.15, 0.2) is 11.5 Å². The molecule has 7 nitrogen and oxygen atoms in total. The molecule has 0 radical (unpaired) electrons. The molecule has 0 saturated carbocycles. The van der Waals surface area contributed by atoms with Crippen LogP contribution in [0.4, 0.5) is 10.5 Å². The highest BCUT2D eigenvalue weighted by Crippen LogP contribution is 2.44. The molecule has 0 saturated heterocycles. The minimum Gasteiger partial charge on any atom is -0.478 e. The summed E-state index contributed by atoms with van der Waals surface area (Å²) in [7, 11) is 0. The molecule has 0 fully saturated rings. The monoisotopic (exact) mass is 403 g/mol. The van der Waals surface area contributed by atoms with Crippen molar-refractivity contribution in [3.63, 3.8) is 0 Å². The molecule has 1 amide bonds. The number of anilines is 1. The van der Waals surface area contributed by atoms with Crippen LogP contribution < -0.4 is 14.8 Å². The van der Waals surface area contributed by atoms with E-state index in [4.69, 9.17) is 14.2 Å². The van der Waals surface area contributed by atoms with E-state index in [0.29, 0.717) is 0 Å². The highest BCUT2D eigenvalue weighted by atomic mass is 16.7.